The van der Waals surface area contributed by atoms with Crippen LogP contribution in [0.1, 0.15) is 160 Å². The Kier molecular flexibility index (Phi) is 14.6. The third-order valence-corrected chi connectivity index (χ3v) is 14.1. The summed E-state index contributed by atoms with van der Waals surface area (Å²) in [6.45, 7) is 7.52. The Morgan fingerprint density at radius 3 is 1.61 bits per heavy atom. The standard InChI is InChI=1S/C40H64N2S2/c1-30(33-18-8-4-9-19-33)39(34-20-10-5-11-21-34)31(2)40(42-38-26-14-7-15-27-38)44-29-36-23-17-16-22-35(36)28-43-32(3)41-37-24-12-6-13-25-37/h16-17,22-23,30-31,33-34,37-39H,4-15,18-21,24-29H2,1-3H3/b41-32+,42-40+/t30-,31-,39+/m1/s1. The molecule has 5 rings (SSSR count). The highest BCUT2D eigenvalue weighted by molar-refractivity contribution is 8.13. The molecule has 4 aliphatic carbocycles. The van der Waals surface area contributed by atoms with Crippen molar-refractivity contribution in [1.29, 1.82) is 0 Å². The number of benzene rings is 1. The van der Waals surface area contributed by atoms with Gasteiger partial charge in [-0.15, -0.1) is 23.5 Å². The van der Waals surface area contributed by atoms with Gasteiger partial charge in [0.15, 0.2) is 0 Å². The lowest BCUT2D eigenvalue weighted by atomic mass is 9.64. The highest BCUT2D eigenvalue weighted by atomic mass is 32.2. The molecular weight excluding hydrogens is 573 g/mol. The SMILES string of the molecule is C/C(=N\C1CCCCC1)SCc1ccccc1CS/C(=N/C1CCCCC1)[C@H](C)[C@@H](C1CCCCC1)[C@H](C)C1CCCCC1. The molecule has 4 fully saturated rings. The molecular formula is C40H64N2S2. The van der Waals surface area contributed by atoms with Crippen LogP contribution < -0.4 is 0 Å². The highest BCUT2D eigenvalue weighted by Gasteiger charge is 2.38. The largest absolute Gasteiger partial charge is 0.280 e. The van der Waals surface area contributed by atoms with E-state index in [9.17, 15) is 0 Å². The van der Waals surface area contributed by atoms with Crippen molar-refractivity contribution in [3.05, 3.63) is 35.4 Å². The molecule has 4 saturated carbocycles. The maximum atomic E-state index is 5.72. The van der Waals surface area contributed by atoms with E-state index in [-0.39, 0.29) is 0 Å². The van der Waals surface area contributed by atoms with Crippen molar-refractivity contribution < 1.29 is 0 Å². The number of rotatable bonds is 11. The van der Waals surface area contributed by atoms with Gasteiger partial charge in [-0.05, 0) is 67.4 Å². The average molecular weight is 637 g/mol. The number of hydrogen-bond donors (Lipinski definition) is 0. The third kappa shape index (κ3) is 10.4. The third-order valence-electron chi connectivity index (χ3n) is 11.9. The van der Waals surface area contributed by atoms with Gasteiger partial charge < -0.3 is 0 Å². The first-order valence-electron chi connectivity index (χ1n) is 19.0. The van der Waals surface area contributed by atoms with Gasteiger partial charge in [0, 0.05) is 17.4 Å². The predicted molar refractivity (Wildman–Crippen MR) is 198 cm³/mol. The molecule has 246 valence electrons. The lowest BCUT2D eigenvalue weighted by molar-refractivity contribution is 0.0987. The van der Waals surface area contributed by atoms with Crippen molar-refractivity contribution in [2.75, 3.05) is 0 Å². The van der Waals surface area contributed by atoms with Crippen LogP contribution in [0.4, 0.5) is 0 Å². The maximum absolute atomic E-state index is 5.72. The van der Waals surface area contributed by atoms with Gasteiger partial charge in [0.1, 0.15) is 0 Å². The van der Waals surface area contributed by atoms with Crippen LogP contribution >= 0.6 is 23.5 Å². The van der Waals surface area contributed by atoms with Crippen LogP contribution in [-0.4, -0.2) is 22.2 Å². The Morgan fingerprint density at radius 1 is 0.614 bits per heavy atom. The average Bonchev–Trinajstić information content (AvgIpc) is 3.08. The maximum Gasteiger partial charge on any atom is 0.0713 e. The van der Waals surface area contributed by atoms with E-state index in [1.807, 2.05) is 11.8 Å². The van der Waals surface area contributed by atoms with E-state index in [1.165, 1.54) is 150 Å². The number of aliphatic imine (C=N–C) groups is 2. The highest BCUT2D eigenvalue weighted by Crippen LogP contribution is 2.46. The minimum atomic E-state index is 0.551. The normalized spacial score (nSPS) is 24.7. The lowest BCUT2D eigenvalue weighted by Crippen LogP contribution is -2.37. The summed E-state index contributed by atoms with van der Waals surface area (Å²) in [6.07, 6.45) is 28.0. The van der Waals surface area contributed by atoms with E-state index in [0.717, 1.165) is 35.2 Å². The summed E-state index contributed by atoms with van der Waals surface area (Å²) in [5.41, 5.74) is 3.00. The molecule has 4 heteroatoms. The molecule has 0 aliphatic heterocycles. The Morgan fingerprint density at radius 2 is 1.07 bits per heavy atom. The molecule has 0 amide bonds. The Balaban J connectivity index is 1.32. The van der Waals surface area contributed by atoms with Crippen molar-refractivity contribution in [2.45, 2.75) is 173 Å². The van der Waals surface area contributed by atoms with Gasteiger partial charge in [-0.1, -0.05) is 141 Å². The number of hydrogen-bond acceptors (Lipinski definition) is 4. The summed E-state index contributed by atoms with van der Waals surface area (Å²) < 4.78 is 0. The van der Waals surface area contributed by atoms with Crippen molar-refractivity contribution in [1.82, 2.24) is 0 Å². The van der Waals surface area contributed by atoms with Crippen LogP contribution in [0.5, 0.6) is 0 Å². The molecule has 0 spiro atoms. The molecule has 1 aromatic carbocycles. The second-order valence-corrected chi connectivity index (χ2v) is 17.2. The molecule has 0 aromatic heterocycles. The molecule has 0 radical (unpaired) electrons. The molecule has 1 aromatic rings. The first kappa shape index (κ1) is 34.6. The first-order chi connectivity index (χ1) is 21.6. The van der Waals surface area contributed by atoms with E-state index in [1.54, 1.807) is 0 Å². The fourth-order valence-corrected chi connectivity index (χ4v) is 11.4. The van der Waals surface area contributed by atoms with Crippen LogP contribution in [0.2, 0.25) is 0 Å². The molecule has 0 saturated heterocycles. The summed E-state index contributed by atoms with van der Waals surface area (Å²) in [7, 11) is 0. The van der Waals surface area contributed by atoms with Crippen LogP contribution in [0.3, 0.4) is 0 Å². The topological polar surface area (TPSA) is 24.7 Å². The molecule has 0 bridgehead atoms. The van der Waals surface area contributed by atoms with E-state index in [4.69, 9.17) is 9.98 Å². The molecule has 2 nitrogen and oxygen atoms in total. The molecule has 3 atom stereocenters. The fraction of sp³-hybridized carbons (Fsp3) is 0.800. The first-order valence-corrected chi connectivity index (χ1v) is 21.0. The van der Waals surface area contributed by atoms with Gasteiger partial charge in [-0.2, -0.15) is 0 Å². The Bertz CT molecular complexity index is 1030. The van der Waals surface area contributed by atoms with E-state index >= 15 is 0 Å². The second-order valence-electron chi connectivity index (χ2n) is 15.1. The molecule has 4 aliphatic rings. The van der Waals surface area contributed by atoms with Gasteiger partial charge in [-0.3, -0.25) is 9.98 Å². The predicted octanol–water partition coefficient (Wildman–Crippen LogP) is 12.7. The zero-order valence-electron chi connectivity index (χ0n) is 28.6. The van der Waals surface area contributed by atoms with Crippen LogP contribution in [0, 0.1) is 29.6 Å². The van der Waals surface area contributed by atoms with Gasteiger partial charge in [-0.25, -0.2) is 0 Å². The van der Waals surface area contributed by atoms with E-state index < -0.39 is 0 Å². The minimum Gasteiger partial charge on any atom is -0.280 e. The summed E-state index contributed by atoms with van der Waals surface area (Å²) in [4.78, 5) is 10.8. The van der Waals surface area contributed by atoms with E-state index in [0.29, 0.717) is 18.0 Å². The second kappa shape index (κ2) is 18.6. The molecule has 44 heavy (non-hydrogen) atoms. The van der Waals surface area contributed by atoms with E-state index in [2.05, 4.69) is 56.8 Å². The monoisotopic (exact) mass is 636 g/mol. The van der Waals surface area contributed by atoms with Crippen molar-refractivity contribution in [3.63, 3.8) is 0 Å². The minimum absolute atomic E-state index is 0.551. The lowest BCUT2D eigenvalue weighted by Gasteiger charge is -2.43. The molecule has 0 heterocycles. The summed E-state index contributed by atoms with van der Waals surface area (Å²) in [5.74, 6) is 6.10. The van der Waals surface area contributed by atoms with Crippen molar-refractivity contribution in [2.24, 2.45) is 39.6 Å². The van der Waals surface area contributed by atoms with Gasteiger partial charge in [0.05, 0.1) is 22.2 Å². The summed E-state index contributed by atoms with van der Waals surface area (Å²) >= 11 is 4.08. The molecule has 0 N–H and O–H groups in total. The van der Waals surface area contributed by atoms with Crippen LogP contribution in [0.15, 0.2) is 34.3 Å². The van der Waals surface area contributed by atoms with Gasteiger partial charge >= 0.3 is 0 Å². The fourth-order valence-electron chi connectivity index (χ4n) is 9.30. The zero-order chi connectivity index (χ0) is 30.6. The Labute approximate surface area is 280 Å². The van der Waals surface area contributed by atoms with Crippen LogP contribution in [0.25, 0.3) is 0 Å². The van der Waals surface area contributed by atoms with Crippen molar-refractivity contribution >= 4 is 33.6 Å². The summed E-state index contributed by atoms with van der Waals surface area (Å²) in [6, 6.07) is 10.4. The van der Waals surface area contributed by atoms with Crippen LogP contribution in [-0.2, 0) is 11.5 Å². The zero-order valence-corrected chi connectivity index (χ0v) is 30.3. The van der Waals surface area contributed by atoms with Gasteiger partial charge in [0.25, 0.3) is 0 Å². The Hall–Kier alpha value is -0.740. The number of nitrogens with zero attached hydrogens (tertiary/aromatic N) is 2. The summed E-state index contributed by atoms with van der Waals surface area (Å²) in [5, 5.41) is 2.78. The molecule has 0 unspecified atom stereocenters. The van der Waals surface area contributed by atoms with Crippen molar-refractivity contribution in [3.8, 4) is 0 Å². The smallest absolute Gasteiger partial charge is 0.0713 e. The number of thioether (sulfide) groups is 2. The quantitative estimate of drug-likeness (QED) is 0.178. The van der Waals surface area contributed by atoms with Gasteiger partial charge in [0.2, 0.25) is 0 Å².